The van der Waals surface area contributed by atoms with Gasteiger partial charge in [0.05, 0.1) is 6.61 Å². The summed E-state index contributed by atoms with van der Waals surface area (Å²) in [7, 11) is 0. The van der Waals surface area contributed by atoms with Gasteiger partial charge in [-0.2, -0.15) is 0 Å². The first kappa shape index (κ1) is 18.4. The van der Waals surface area contributed by atoms with Crippen LogP contribution in [0.3, 0.4) is 0 Å². The molecule has 1 atom stereocenters. The molecule has 0 unspecified atom stereocenters. The Bertz CT molecular complexity index is 1020. The maximum atomic E-state index is 12.8. The van der Waals surface area contributed by atoms with Crippen LogP contribution in [0.25, 0.3) is 5.65 Å². The second-order valence-electron chi connectivity index (χ2n) is 6.05. The van der Waals surface area contributed by atoms with Crippen LogP contribution >= 0.6 is 0 Å². The van der Waals surface area contributed by atoms with Crippen molar-refractivity contribution in [1.82, 2.24) is 19.9 Å². The minimum atomic E-state index is -0.855. The van der Waals surface area contributed by atoms with Gasteiger partial charge in [-0.05, 0) is 19.4 Å². The van der Waals surface area contributed by atoms with Crippen LogP contribution in [0.1, 0.15) is 28.5 Å². The third-order valence-corrected chi connectivity index (χ3v) is 4.03. The van der Waals surface area contributed by atoms with Crippen LogP contribution < -0.4 is 10.9 Å². The monoisotopic (exact) mass is 368 g/mol. The number of nitrogens with zero attached hydrogens (tertiary/aromatic N) is 2. The quantitative estimate of drug-likeness (QED) is 0.637. The highest BCUT2D eigenvalue weighted by Gasteiger charge is 2.25. The number of aromatic nitrogens is 3. The smallest absolute Gasteiger partial charge is 0.328 e. The van der Waals surface area contributed by atoms with Crippen LogP contribution in [-0.4, -0.2) is 39.1 Å². The summed E-state index contributed by atoms with van der Waals surface area (Å²) in [5, 5.41) is 5.40. The van der Waals surface area contributed by atoms with Crippen molar-refractivity contribution in [3.8, 4) is 0 Å². The van der Waals surface area contributed by atoms with Gasteiger partial charge in [0.2, 0.25) is 0 Å². The topological polar surface area (TPSA) is 106 Å². The van der Waals surface area contributed by atoms with Crippen molar-refractivity contribution < 1.29 is 14.3 Å². The number of hydrogen-bond donors (Lipinski definition) is 2. The number of amides is 1. The molecule has 2 N–H and O–H groups in total. The second-order valence-corrected chi connectivity index (χ2v) is 6.05. The molecule has 0 saturated carbocycles. The average Bonchev–Trinajstić information content (AvgIpc) is 3.06. The van der Waals surface area contributed by atoms with Crippen LogP contribution in [0, 0.1) is 6.92 Å². The number of hydrogen-bond acceptors (Lipinski definition) is 5. The number of carbonyl (C=O) groups is 2. The van der Waals surface area contributed by atoms with E-state index in [9.17, 15) is 14.4 Å². The van der Waals surface area contributed by atoms with Crippen molar-refractivity contribution in [2.75, 3.05) is 6.61 Å². The van der Waals surface area contributed by atoms with E-state index in [1.807, 2.05) is 30.3 Å². The molecular weight excluding hydrogens is 348 g/mol. The normalized spacial score (nSPS) is 11.9. The number of benzene rings is 1. The maximum absolute atomic E-state index is 12.8. The number of H-pyrrole nitrogens is 1. The number of esters is 1. The number of fused-ring (bicyclic) bond motifs is 1. The van der Waals surface area contributed by atoms with Crippen molar-refractivity contribution in [2.24, 2.45) is 0 Å². The van der Waals surface area contributed by atoms with Gasteiger partial charge in [0.1, 0.15) is 11.6 Å². The Morgan fingerprint density at radius 3 is 2.74 bits per heavy atom. The summed E-state index contributed by atoms with van der Waals surface area (Å²) in [6, 6.07) is 9.84. The van der Waals surface area contributed by atoms with Crippen LogP contribution in [0.5, 0.6) is 0 Å². The van der Waals surface area contributed by atoms with Gasteiger partial charge in [-0.15, -0.1) is 0 Å². The van der Waals surface area contributed by atoms with E-state index >= 15 is 0 Å². The molecule has 0 spiro atoms. The van der Waals surface area contributed by atoms with Gasteiger partial charge in [-0.25, -0.2) is 14.3 Å². The van der Waals surface area contributed by atoms with E-state index in [-0.39, 0.29) is 23.4 Å². The molecule has 8 heteroatoms. The Morgan fingerprint density at radius 1 is 1.30 bits per heavy atom. The van der Waals surface area contributed by atoms with E-state index in [4.69, 9.17) is 4.74 Å². The first-order chi connectivity index (χ1) is 13.0. The zero-order chi connectivity index (χ0) is 19.4. The molecule has 140 valence electrons. The van der Waals surface area contributed by atoms with Crippen molar-refractivity contribution in [1.29, 1.82) is 0 Å². The van der Waals surface area contributed by atoms with E-state index in [1.54, 1.807) is 13.8 Å². The van der Waals surface area contributed by atoms with E-state index < -0.39 is 17.9 Å². The van der Waals surface area contributed by atoms with Gasteiger partial charge in [-0.3, -0.25) is 14.7 Å². The molecule has 0 bridgehead atoms. The van der Waals surface area contributed by atoms with E-state index in [0.717, 1.165) is 5.56 Å². The highest BCUT2D eigenvalue weighted by atomic mass is 16.5. The molecule has 1 amide bonds. The lowest BCUT2D eigenvalue weighted by atomic mass is 10.1. The highest BCUT2D eigenvalue weighted by molar-refractivity contribution is 6.01. The summed E-state index contributed by atoms with van der Waals surface area (Å²) in [6.07, 6.45) is 1.68. The van der Waals surface area contributed by atoms with Crippen LogP contribution in [-0.2, 0) is 16.0 Å². The lowest BCUT2D eigenvalue weighted by Crippen LogP contribution is -2.43. The third-order valence-electron chi connectivity index (χ3n) is 4.03. The van der Waals surface area contributed by atoms with Gasteiger partial charge in [-0.1, -0.05) is 30.3 Å². The number of ether oxygens (including phenoxy) is 1. The Balaban J connectivity index is 1.88. The minimum absolute atomic E-state index is 0.179. The van der Waals surface area contributed by atoms with Gasteiger partial charge in [0.15, 0.2) is 5.65 Å². The molecule has 8 nitrogen and oxygen atoms in total. The molecule has 1 aromatic carbocycles. The summed E-state index contributed by atoms with van der Waals surface area (Å²) < 4.78 is 6.27. The number of carbonyl (C=O) groups excluding carboxylic acids is 2. The maximum Gasteiger partial charge on any atom is 0.328 e. The predicted octanol–water partition coefficient (Wildman–Crippen LogP) is 1.24. The number of aryl methyl sites for hydroxylation is 1. The summed E-state index contributed by atoms with van der Waals surface area (Å²) in [4.78, 5) is 41.3. The van der Waals surface area contributed by atoms with Crippen molar-refractivity contribution >= 4 is 17.5 Å². The largest absolute Gasteiger partial charge is 0.464 e. The first-order valence-corrected chi connectivity index (χ1v) is 8.58. The summed E-state index contributed by atoms with van der Waals surface area (Å²) >= 11 is 0. The summed E-state index contributed by atoms with van der Waals surface area (Å²) in [6.45, 7) is 3.59. The van der Waals surface area contributed by atoms with Crippen LogP contribution in [0.2, 0.25) is 0 Å². The number of aromatic amines is 1. The van der Waals surface area contributed by atoms with Gasteiger partial charge in [0.25, 0.3) is 11.5 Å². The summed E-state index contributed by atoms with van der Waals surface area (Å²) in [5.41, 5.74) is 1.46. The molecule has 2 aromatic heterocycles. The molecule has 0 radical (unpaired) electrons. The highest BCUT2D eigenvalue weighted by Crippen LogP contribution is 2.09. The van der Waals surface area contributed by atoms with E-state index in [0.29, 0.717) is 12.1 Å². The van der Waals surface area contributed by atoms with E-state index in [1.165, 1.54) is 16.8 Å². The molecule has 3 aromatic rings. The number of rotatable bonds is 6. The molecule has 0 aliphatic rings. The SMILES string of the molecule is CCOC(=O)[C@@H](Cc1ccccc1)NC(=O)c1c[nH]n2c(=O)cc(C)nc12. The summed E-state index contributed by atoms with van der Waals surface area (Å²) in [5.74, 6) is -1.03. The van der Waals surface area contributed by atoms with Gasteiger partial charge < -0.3 is 10.1 Å². The molecule has 27 heavy (non-hydrogen) atoms. The molecule has 3 rings (SSSR count). The van der Waals surface area contributed by atoms with E-state index in [2.05, 4.69) is 15.4 Å². The molecule has 2 heterocycles. The zero-order valence-electron chi connectivity index (χ0n) is 15.1. The first-order valence-electron chi connectivity index (χ1n) is 8.58. The van der Waals surface area contributed by atoms with Crippen molar-refractivity contribution in [2.45, 2.75) is 26.3 Å². The van der Waals surface area contributed by atoms with Crippen molar-refractivity contribution in [3.05, 3.63) is 69.8 Å². The Hall–Kier alpha value is -3.42. The van der Waals surface area contributed by atoms with Crippen LogP contribution in [0.4, 0.5) is 0 Å². The van der Waals surface area contributed by atoms with Gasteiger partial charge in [0, 0.05) is 24.4 Å². The fourth-order valence-electron chi connectivity index (χ4n) is 2.79. The fraction of sp³-hybridized carbons (Fsp3) is 0.263. The Labute approximate surface area is 155 Å². The van der Waals surface area contributed by atoms with Gasteiger partial charge >= 0.3 is 5.97 Å². The minimum Gasteiger partial charge on any atom is -0.464 e. The van der Waals surface area contributed by atoms with Crippen molar-refractivity contribution in [3.63, 3.8) is 0 Å². The fourth-order valence-corrected chi connectivity index (χ4v) is 2.79. The molecule has 0 aliphatic heterocycles. The Morgan fingerprint density at radius 2 is 2.04 bits per heavy atom. The molecule has 0 saturated heterocycles. The molecule has 0 fully saturated rings. The lowest BCUT2D eigenvalue weighted by molar-refractivity contribution is -0.145. The lowest BCUT2D eigenvalue weighted by Gasteiger charge is -2.17. The second kappa shape index (κ2) is 7.86. The third kappa shape index (κ3) is 4.05. The standard InChI is InChI=1S/C19H20N4O4/c1-3-27-19(26)15(10-13-7-5-4-6-8-13)22-18(25)14-11-20-23-16(24)9-12(2)21-17(14)23/h4-9,11,15,20H,3,10H2,1-2H3,(H,22,25)/t15-/m1/s1. The zero-order valence-corrected chi connectivity index (χ0v) is 15.1. The Kier molecular flexibility index (Phi) is 5.35. The van der Waals surface area contributed by atoms with Crippen LogP contribution in [0.15, 0.2) is 47.4 Å². The average molecular weight is 368 g/mol. The molecule has 0 aliphatic carbocycles. The number of nitrogens with one attached hydrogen (secondary N) is 2. The molecular formula is C19H20N4O4. The predicted molar refractivity (Wildman–Crippen MR) is 98.6 cm³/mol.